The van der Waals surface area contributed by atoms with Crippen molar-refractivity contribution in [3.8, 4) is 11.4 Å². The topological polar surface area (TPSA) is 85.0 Å². The molecule has 0 spiro atoms. The molecule has 27 heavy (non-hydrogen) atoms. The SMILES string of the molecule is O=C(Cc1cncnc1)N1CCc2scc(-c3noc(C(F)(F)F)n3)c2C1. The number of halogens is 3. The monoisotopic (exact) mass is 395 g/mol. The first kappa shape index (κ1) is 17.6. The van der Waals surface area contributed by atoms with Gasteiger partial charge in [-0.1, -0.05) is 5.16 Å². The van der Waals surface area contributed by atoms with Crippen LogP contribution in [0.5, 0.6) is 0 Å². The number of hydrogen-bond acceptors (Lipinski definition) is 7. The number of carbonyl (C=O) groups is 1. The number of alkyl halides is 3. The third-order valence-corrected chi connectivity index (χ3v) is 5.26. The third-order valence-electron chi connectivity index (χ3n) is 4.17. The summed E-state index contributed by atoms with van der Waals surface area (Å²) in [6.45, 7) is 0.829. The summed E-state index contributed by atoms with van der Waals surface area (Å²) in [5, 5.41) is 5.15. The van der Waals surface area contributed by atoms with Gasteiger partial charge in [0.25, 0.3) is 0 Å². The second kappa shape index (κ2) is 6.72. The first-order valence-corrected chi connectivity index (χ1v) is 8.82. The van der Waals surface area contributed by atoms with E-state index in [1.165, 1.54) is 17.7 Å². The van der Waals surface area contributed by atoms with Crippen LogP contribution in [0.4, 0.5) is 13.2 Å². The molecule has 140 valence electrons. The highest BCUT2D eigenvalue weighted by atomic mass is 32.1. The van der Waals surface area contributed by atoms with Crippen molar-refractivity contribution in [1.29, 1.82) is 0 Å². The number of nitrogens with zero attached hydrogens (tertiary/aromatic N) is 5. The van der Waals surface area contributed by atoms with Gasteiger partial charge in [0.05, 0.1) is 6.42 Å². The molecule has 0 saturated heterocycles. The molecular weight excluding hydrogens is 383 g/mol. The maximum absolute atomic E-state index is 12.7. The van der Waals surface area contributed by atoms with Crippen molar-refractivity contribution in [2.45, 2.75) is 25.6 Å². The fourth-order valence-corrected chi connectivity index (χ4v) is 3.90. The van der Waals surface area contributed by atoms with Gasteiger partial charge in [-0.15, -0.1) is 11.3 Å². The Morgan fingerprint density at radius 2 is 2.07 bits per heavy atom. The van der Waals surface area contributed by atoms with Crippen LogP contribution in [0.3, 0.4) is 0 Å². The summed E-state index contributed by atoms with van der Waals surface area (Å²) in [6, 6.07) is 0. The predicted molar refractivity (Wildman–Crippen MR) is 87.5 cm³/mol. The lowest BCUT2D eigenvalue weighted by atomic mass is 10.0. The van der Waals surface area contributed by atoms with Gasteiger partial charge in [0.2, 0.25) is 11.7 Å². The van der Waals surface area contributed by atoms with Crippen molar-refractivity contribution in [2.75, 3.05) is 6.54 Å². The van der Waals surface area contributed by atoms with Crippen LogP contribution in [0.15, 0.2) is 28.6 Å². The Labute approximate surface area is 154 Å². The summed E-state index contributed by atoms with van der Waals surface area (Å²) < 4.78 is 42.4. The highest BCUT2D eigenvalue weighted by molar-refractivity contribution is 7.10. The Kier molecular flexibility index (Phi) is 4.38. The molecule has 0 aromatic carbocycles. The first-order valence-electron chi connectivity index (χ1n) is 7.94. The smallest absolute Gasteiger partial charge is 0.338 e. The van der Waals surface area contributed by atoms with Crippen LogP contribution in [-0.2, 0) is 30.4 Å². The average Bonchev–Trinajstić information content (AvgIpc) is 3.28. The standard InChI is InChI=1S/C16H12F3N5O2S/c17-16(18,19)15-22-14(23-26-15)11-7-27-12-1-2-24(6-10(11)12)13(25)3-9-4-20-8-21-5-9/h4-5,7-8H,1-3,6H2. The van der Waals surface area contributed by atoms with Gasteiger partial charge in [-0.3, -0.25) is 4.79 Å². The Morgan fingerprint density at radius 1 is 1.30 bits per heavy atom. The van der Waals surface area contributed by atoms with E-state index in [1.807, 2.05) is 0 Å². The molecule has 1 aliphatic heterocycles. The molecule has 0 aliphatic carbocycles. The largest absolute Gasteiger partial charge is 0.471 e. The van der Waals surface area contributed by atoms with E-state index in [1.54, 1.807) is 22.7 Å². The number of rotatable bonds is 3. The number of fused-ring (bicyclic) bond motifs is 1. The van der Waals surface area contributed by atoms with Crippen LogP contribution >= 0.6 is 11.3 Å². The molecular formula is C16H12F3N5O2S. The Bertz CT molecular complexity index is 970. The number of thiophene rings is 1. The summed E-state index contributed by atoms with van der Waals surface area (Å²) in [6.07, 6.45) is 0.639. The van der Waals surface area contributed by atoms with Crippen molar-refractivity contribution in [3.05, 3.63) is 46.0 Å². The minimum absolute atomic E-state index is 0.100. The molecule has 1 aliphatic rings. The van der Waals surface area contributed by atoms with Crippen molar-refractivity contribution >= 4 is 17.2 Å². The fraction of sp³-hybridized carbons (Fsp3) is 0.312. The fourth-order valence-electron chi connectivity index (χ4n) is 2.87. The Hall–Kier alpha value is -2.82. The van der Waals surface area contributed by atoms with Crippen LogP contribution in [0.25, 0.3) is 11.4 Å². The van der Waals surface area contributed by atoms with Crippen molar-refractivity contribution in [2.24, 2.45) is 0 Å². The van der Waals surface area contributed by atoms with Crippen LogP contribution in [0.2, 0.25) is 0 Å². The summed E-state index contributed by atoms with van der Waals surface area (Å²) in [7, 11) is 0. The quantitative estimate of drug-likeness (QED) is 0.678. The van der Waals surface area contributed by atoms with Gasteiger partial charge < -0.3 is 9.42 Å². The van der Waals surface area contributed by atoms with Crippen LogP contribution in [0, 0.1) is 0 Å². The minimum Gasteiger partial charge on any atom is -0.338 e. The summed E-state index contributed by atoms with van der Waals surface area (Å²) in [5.74, 6) is -1.60. The zero-order valence-electron chi connectivity index (χ0n) is 13.7. The van der Waals surface area contributed by atoms with Gasteiger partial charge in [0, 0.05) is 41.3 Å². The molecule has 4 heterocycles. The Morgan fingerprint density at radius 3 is 2.78 bits per heavy atom. The van der Waals surface area contributed by atoms with Gasteiger partial charge in [-0.25, -0.2) is 9.97 Å². The van der Waals surface area contributed by atoms with E-state index in [9.17, 15) is 18.0 Å². The molecule has 0 N–H and O–H groups in total. The van der Waals surface area contributed by atoms with Crippen molar-refractivity contribution in [3.63, 3.8) is 0 Å². The lowest BCUT2D eigenvalue weighted by Crippen LogP contribution is -2.36. The Balaban J connectivity index is 1.55. The van der Waals surface area contributed by atoms with E-state index in [4.69, 9.17) is 0 Å². The molecule has 0 saturated carbocycles. The number of hydrogen-bond donors (Lipinski definition) is 0. The summed E-state index contributed by atoms with van der Waals surface area (Å²) in [5.41, 5.74) is 1.93. The maximum Gasteiger partial charge on any atom is 0.471 e. The lowest BCUT2D eigenvalue weighted by Gasteiger charge is -2.27. The molecule has 3 aromatic rings. The normalized spacial score (nSPS) is 14.3. The molecule has 4 rings (SSSR count). The van der Waals surface area contributed by atoms with E-state index in [0.29, 0.717) is 24.1 Å². The highest BCUT2D eigenvalue weighted by Gasteiger charge is 2.39. The molecule has 0 radical (unpaired) electrons. The summed E-state index contributed by atoms with van der Waals surface area (Å²) >= 11 is 1.42. The van der Waals surface area contributed by atoms with Gasteiger partial charge >= 0.3 is 12.1 Å². The number of carbonyl (C=O) groups excluding carboxylic acids is 1. The van der Waals surface area contributed by atoms with Gasteiger partial charge in [-0.05, 0) is 17.5 Å². The van der Waals surface area contributed by atoms with E-state index < -0.39 is 12.1 Å². The molecule has 0 atom stereocenters. The van der Waals surface area contributed by atoms with Gasteiger partial charge in [-0.2, -0.15) is 18.2 Å². The zero-order valence-corrected chi connectivity index (χ0v) is 14.5. The predicted octanol–water partition coefficient (Wildman–Crippen LogP) is 2.73. The second-order valence-electron chi connectivity index (χ2n) is 5.96. The van der Waals surface area contributed by atoms with Gasteiger partial charge in [0.1, 0.15) is 6.33 Å². The van der Waals surface area contributed by atoms with Crippen molar-refractivity contribution < 1.29 is 22.5 Å². The minimum atomic E-state index is -4.69. The zero-order chi connectivity index (χ0) is 19.0. The highest BCUT2D eigenvalue weighted by Crippen LogP contribution is 2.36. The molecule has 0 fully saturated rings. The molecule has 11 heteroatoms. The van der Waals surface area contributed by atoms with Crippen LogP contribution < -0.4 is 0 Å². The molecule has 7 nitrogen and oxygen atoms in total. The lowest BCUT2D eigenvalue weighted by molar-refractivity contribution is -0.159. The second-order valence-corrected chi connectivity index (χ2v) is 6.93. The van der Waals surface area contributed by atoms with Gasteiger partial charge in [0.15, 0.2) is 0 Å². The average molecular weight is 395 g/mol. The first-order chi connectivity index (χ1) is 12.9. The van der Waals surface area contributed by atoms with Crippen LogP contribution in [-0.4, -0.2) is 37.5 Å². The maximum atomic E-state index is 12.7. The molecule has 1 amide bonds. The molecule has 0 bridgehead atoms. The van der Waals surface area contributed by atoms with E-state index in [2.05, 4.69) is 24.6 Å². The molecule has 0 unspecified atom stereocenters. The van der Waals surface area contributed by atoms with E-state index >= 15 is 0 Å². The van der Waals surface area contributed by atoms with Crippen molar-refractivity contribution in [1.82, 2.24) is 25.0 Å². The van der Waals surface area contributed by atoms with E-state index in [-0.39, 0.29) is 24.7 Å². The number of amides is 1. The third kappa shape index (κ3) is 3.54. The van der Waals surface area contributed by atoms with E-state index in [0.717, 1.165) is 10.4 Å². The molecule has 3 aromatic heterocycles. The summed E-state index contributed by atoms with van der Waals surface area (Å²) in [4.78, 5) is 26.5. The number of aromatic nitrogens is 4. The van der Waals surface area contributed by atoms with Crippen LogP contribution in [0.1, 0.15) is 21.9 Å².